The van der Waals surface area contributed by atoms with Crippen molar-refractivity contribution in [3.8, 4) is 0 Å². The second-order valence-electron chi connectivity index (χ2n) is 4.73. The maximum Gasteiger partial charge on any atom is 0.276 e. The average Bonchev–Trinajstić information content (AvgIpc) is 2.37. The van der Waals surface area contributed by atoms with Gasteiger partial charge < -0.3 is 0 Å². The lowest BCUT2D eigenvalue weighted by Crippen LogP contribution is -2.18. The number of sulfonamides is 1. The normalized spacial score (nSPS) is 11.8. The van der Waals surface area contributed by atoms with Crippen LogP contribution in [0.15, 0.2) is 56.9 Å². The van der Waals surface area contributed by atoms with Crippen molar-refractivity contribution in [2.75, 3.05) is 0 Å². The molecule has 2 aromatic carbocycles. The van der Waals surface area contributed by atoms with Crippen LogP contribution >= 0.6 is 15.9 Å². The zero-order chi connectivity index (χ0) is 15.5. The van der Waals surface area contributed by atoms with Crippen molar-refractivity contribution in [3.63, 3.8) is 0 Å². The van der Waals surface area contributed by atoms with Crippen molar-refractivity contribution in [3.05, 3.63) is 63.6 Å². The Hall–Kier alpha value is -1.66. The number of nitrogens with zero attached hydrogens (tertiary/aromatic N) is 1. The topological polar surface area (TPSA) is 58.5 Å². The highest BCUT2D eigenvalue weighted by Crippen LogP contribution is 2.14. The maximum absolute atomic E-state index is 12.0. The summed E-state index contributed by atoms with van der Waals surface area (Å²) < 4.78 is 25.0. The van der Waals surface area contributed by atoms with Crippen LogP contribution in [-0.2, 0) is 10.0 Å². The van der Waals surface area contributed by atoms with Crippen LogP contribution < -0.4 is 4.83 Å². The minimum absolute atomic E-state index is 0.190. The summed E-state index contributed by atoms with van der Waals surface area (Å²) in [6.07, 6.45) is 1.48. The predicted octanol–water partition coefficient (Wildman–Crippen LogP) is 3.38. The van der Waals surface area contributed by atoms with Crippen LogP contribution in [-0.4, -0.2) is 14.6 Å². The Morgan fingerprint density at radius 2 is 1.71 bits per heavy atom. The van der Waals surface area contributed by atoms with Gasteiger partial charge in [-0.1, -0.05) is 39.7 Å². The largest absolute Gasteiger partial charge is 0.276 e. The quantitative estimate of drug-likeness (QED) is 0.665. The van der Waals surface area contributed by atoms with Crippen molar-refractivity contribution in [1.29, 1.82) is 0 Å². The minimum Gasteiger partial charge on any atom is -0.200 e. The zero-order valence-corrected chi connectivity index (χ0v) is 14.1. The summed E-state index contributed by atoms with van der Waals surface area (Å²) in [6.45, 7) is 3.86. The average molecular weight is 367 g/mol. The number of hydrazone groups is 1. The van der Waals surface area contributed by atoms with Crippen molar-refractivity contribution < 1.29 is 8.42 Å². The highest BCUT2D eigenvalue weighted by atomic mass is 79.9. The van der Waals surface area contributed by atoms with E-state index in [1.807, 2.05) is 32.0 Å². The number of nitrogens with one attached hydrogen (secondary N) is 1. The molecule has 21 heavy (non-hydrogen) atoms. The van der Waals surface area contributed by atoms with Crippen LogP contribution in [0.5, 0.6) is 0 Å². The minimum atomic E-state index is -3.63. The first-order valence-electron chi connectivity index (χ1n) is 6.25. The SMILES string of the molecule is Cc1ccc(S(=O)(=O)N/N=C/c2cc(C)cc(Br)c2)cc1. The van der Waals surface area contributed by atoms with Crippen molar-refractivity contribution in [2.24, 2.45) is 5.10 Å². The standard InChI is InChI=1S/C15H15BrN2O2S/c1-11-3-5-15(6-4-11)21(19,20)18-17-10-13-7-12(2)8-14(16)9-13/h3-10,18H,1-2H3/b17-10+. The molecule has 0 aliphatic heterocycles. The number of rotatable bonds is 4. The molecule has 1 N–H and O–H groups in total. The van der Waals surface area contributed by atoms with E-state index in [4.69, 9.17) is 0 Å². The predicted molar refractivity (Wildman–Crippen MR) is 88.0 cm³/mol. The lowest BCUT2D eigenvalue weighted by Gasteiger charge is -2.03. The fraction of sp³-hybridized carbons (Fsp3) is 0.133. The van der Waals surface area contributed by atoms with Crippen LogP contribution in [0.3, 0.4) is 0 Å². The van der Waals surface area contributed by atoms with Gasteiger partial charge in [-0.25, -0.2) is 4.83 Å². The Bertz CT molecular complexity index is 749. The Morgan fingerprint density at radius 3 is 2.33 bits per heavy atom. The van der Waals surface area contributed by atoms with E-state index in [9.17, 15) is 8.42 Å². The summed E-state index contributed by atoms with van der Waals surface area (Å²) in [6, 6.07) is 12.3. The molecule has 0 saturated heterocycles. The summed E-state index contributed by atoms with van der Waals surface area (Å²) in [5.74, 6) is 0. The highest BCUT2D eigenvalue weighted by Gasteiger charge is 2.11. The third-order valence-corrected chi connectivity index (χ3v) is 4.48. The maximum atomic E-state index is 12.0. The van der Waals surface area contributed by atoms with E-state index in [0.29, 0.717) is 0 Å². The van der Waals surface area contributed by atoms with Gasteiger partial charge in [-0.15, -0.1) is 0 Å². The molecule has 6 heteroatoms. The first kappa shape index (κ1) is 15.7. The fourth-order valence-corrected chi connectivity index (χ4v) is 3.20. The molecule has 0 heterocycles. The van der Waals surface area contributed by atoms with Gasteiger partial charge in [-0.05, 0) is 49.2 Å². The smallest absolute Gasteiger partial charge is 0.200 e. The van der Waals surface area contributed by atoms with Crippen molar-refractivity contribution >= 4 is 32.2 Å². The molecule has 0 atom stereocenters. The molecule has 0 saturated carbocycles. The molecule has 110 valence electrons. The third kappa shape index (κ3) is 4.41. The van der Waals surface area contributed by atoms with E-state index in [-0.39, 0.29) is 4.90 Å². The van der Waals surface area contributed by atoms with Crippen molar-refractivity contribution in [2.45, 2.75) is 18.7 Å². The molecule has 0 aliphatic carbocycles. The van der Waals surface area contributed by atoms with Crippen LogP contribution in [0.25, 0.3) is 0 Å². The second-order valence-corrected chi connectivity index (χ2v) is 7.30. The number of aryl methyl sites for hydroxylation is 2. The van der Waals surface area contributed by atoms with Gasteiger partial charge in [-0.3, -0.25) is 0 Å². The number of benzene rings is 2. The van der Waals surface area contributed by atoms with Gasteiger partial charge in [0.1, 0.15) is 0 Å². The van der Waals surface area contributed by atoms with E-state index in [1.54, 1.807) is 24.3 Å². The number of hydrogen-bond acceptors (Lipinski definition) is 3. The van der Waals surface area contributed by atoms with Crippen LogP contribution in [0, 0.1) is 13.8 Å². The fourth-order valence-electron chi connectivity index (χ4n) is 1.78. The molecule has 0 amide bonds. The first-order chi connectivity index (χ1) is 9.87. The Kier molecular flexibility index (Phi) is 4.80. The highest BCUT2D eigenvalue weighted by molar-refractivity contribution is 9.10. The molecule has 0 aromatic heterocycles. The molecule has 0 spiro atoms. The second kappa shape index (κ2) is 6.41. The van der Waals surface area contributed by atoms with Gasteiger partial charge in [-0.2, -0.15) is 13.5 Å². The molecule has 0 aliphatic rings. The zero-order valence-electron chi connectivity index (χ0n) is 11.7. The lowest BCUT2D eigenvalue weighted by atomic mass is 10.2. The molecule has 0 bridgehead atoms. The third-order valence-electron chi connectivity index (χ3n) is 2.78. The summed E-state index contributed by atoms with van der Waals surface area (Å²) >= 11 is 3.39. The van der Waals surface area contributed by atoms with Gasteiger partial charge in [0.15, 0.2) is 0 Å². The molecule has 0 radical (unpaired) electrons. The van der Waals surface area contributed by atoms with Crippen molar-refractivity contribution in [1.82, 2.24) is 4.83 Å². The summed E-state index contributed by atoms with van der Waals surface area (Å²) in [5.41, 5.74) is 2.88. The van der Waals surface area contributed by atoms with E-state index in [2.05, 4.69) is 25.9 Å². The lowest BCUT2D eigenvalue weighted by molar-refractivity contribution is 0.584. The number of hydrogen-bond donors (Lipinski definition) is 1. The van der Waals surface area contributed by atoms with Gasteiger partial charge in [0, 0.05) is 4.47 Å². The monoisotopic (exact) mass is 366 g/mol. The van der Waals surface area contributed by atoms with Gasteiger partial charge in [0.2, 0.25) is 0 Å². The summed E-state index contributed by atoms with van der Waals surface area (Å²) in [5, 5.41) is 3.81. The van der Waals surface area contributed by atoms with E-state index >= 15 is 0 Å². The van der Waals surface area contributed by atoms with Crippen LogP contribution in [0.2, 0.25) is 0 Å². The van der Waals surface area contributed by atoms with Crippen LogP contribution in [0.4, 0.5) is 0 Å². The van der Waals surface area contributed by atoms with Gasteiger partial charge in [0.25, 0.3) is 10.0 Å². The van der Waals surface area contributed by atoms with E-state index in [0.717, 1.165) is 21.2 Å². The van der Waals surface area contributed by atoms with Gasteiger partial charge in [0.05, 0.1) is 11.1 Å². The molecule has 4 nitrogen and oxygen atoms in total. The molecule has 2 aromatic rings. The molecule has 2 rings (SSSR count). The Balaban J connectivity index is 2.14. The molecule has 0 fully saturated rings. The first-order valence-corrected chi connectivity index (χ1v) is 8.53. The summed E-state index contributed by atoms with van der Waals surface area (Å²) in [4.78, 5) is 2.40. The van der Waals surface area contributed by atoms with Crippen LogP contribution in [0.1, 0.15) is 16.7 Å². The molecule has 0 unspecified atom stereocenters. The van der Waals surface area contributed by atoms with Gasteiger partial charge >= 0.3 is 0 Å². The molecular formula is C15H15BrN2O2S. The summed E-state index contributed by atoms with van der Waals surface area (Å²) in [7, 11) is -3.63. The van der Waals surface area contributed by atoms with E-state index < -0.39 is 10.0 Å². The number of halogens is 1. The molecular weight excluding hydrogens is 352 g/mol. The Morgan fingerprint density at radius 1 is 1.05 bits per heavy atom. The van der Waals surface area contributed by atoms with E-state index in [1.165, 1.54) is 6.21 Å². The Labute approximate surface area is 133 Å².